The zero-order valence-corrected chi connectivity index (χ0v) is 15.1. The van der Waals surface area contributed by atoms with Gasteiger partial charge in [0.2, 0.25) is 0 Å². The van der Waals surface area contributed by atoms with Crippen LogP contribution in [0.25, 0.3) is 5.69 Å². The van der Waals surface area contributed by atoms with Crippen LogP contribution in [0.1, 0.15) is 29.9 Å². The van der Waals surface area contributed by atoms with Crippen molar-refractivity contribution >= 4 is 6.03 Å². The number of aromatic nitrogens is 3. The largest absolute Gasteiger partial charge is 0.348 e. The van der Waals surface area contributed by atoms with E-state index in [1.165, 1.54) is 5.69 Å². The Balaban J connectivity index is 1.43. The van der Waals surface area contributed by atoms with Gasteiger partial charge in [-0.05, 0) is 38.1 Å². The second-order valence-electron chi connectivity index (χ2n) is 6.67. The van der Waals surface area contributed by atoms with Crippen LogP contribution in [-0.4, -0.2) is 31.8 Å². The molecular weight excluding hydrogens is 326 g/mol. The summed E-state index contributed by atoms with van der Waals surface area (Å²) in [4.78, 5) is 14.6. The molecule has 6 nitrogen and oxygen atoms in total. The second kappa shape index (κ2) is 6.71. The van der Waals surface area contributed by atoms with E-state index < -0.39 is 0 Å². The van der Waals surface area contributed by atoms with Gasteiger partial charge < -0.3 is 14.8 Å². The van der Waals surface area contributed by atoms with E-state index in [2.05, 4.69) is 34.2 Å². The Kier molecular flexibility index (Phi) is 4.24. The molecule has 1 aliphatic heterocycles. The molecule has 134 valence electrons. The highest BCUT2D eigenvalue weighted by Gasteiger charge is 2.27. The van der Waals surface area contributed by atoms with E-state index in [1.807, 2.05) is 59.1 Å². The van der Waals surface area contributed by atoms with Gasteiger partial charge in [-0.1, -0.05) is 18.2 Å². The Morgan fingerprint density at radius 3 is 2.81 bits per heavy atom. The van der Waals surface area contributed by atoms with Crippen LogP contribution in [0.2, 0.25) is 0 Å². The van der Waals surface area contributed by atoms with Crippen LogP contribution in [0.3, 0.4) is 0 Å². The third-order valence-corrected chi connectivity index (χ3v) is 5.05. The minimum atomic E-state index is -0.0307. The smallest absolute Gasteiger partial charge is 0.318 e. The highest BCUT2D eigenvalue weighted by atomic mass is 16.2. The maximum atomic E-state index is 12.7. The number of rotatable bonds is 3. The van der Waals surface area contributed by atoms with Crippen LogP contribution < -0.4 is 5.32 Å². The van der Waals surface area contributed by atoms with Crippen molar-refractivity contribution < 1.29 is 4.79 Å². The van der Waals surface area contributed by atoms with Crippen LogP contribution in [0.4, 0.5) is 4.79 Å². The Morgan fingerprint density at radius 1 is 1.19 bits per heavy atom. The monoisotopic (exact) mass is 349 g/mol. The topological polar surface area (TPSA) is 55.1 Å². The number of fused-ring (bicyclic) bond motifs is 1. The van der Waals surface area contributed by atoms with Crippen LogP contribution in [-0.2, 0) is 13.1 Å². The standard InChI is InChI=1S/C20H23N5O/c1-15-17(14-25(22-15)18-7-4-3-5-8-18)13-21-20(26)24-12-11-23-10-6-9-19(23)16(24)2/h3-10,14,16H,11-13H2,1-2H3,(H,21,26)/t16-/m0/s1. The maximum Gasteiger partial charge on any atom is 0.318 e. The van der Waals surface area contributed by atoms with E-state index in [1.54, 1.807) is 0 Å². The van der Waals surface area contributed by atoms with Crippen molar-refractivity contribution in [2.75, 3.05) is 6.54 Å². The first-order chi connectivity index (χ1) is 12.6. The summed E-state index contributed by atoms with van der Waals surface area (Å²) >= 11 is 0. The lowest BCUT2D eigenvalue weighted by Crippen LogP contribution is -2.45. The van der Waals surface area contributed by atoms with Crippen molar-refractivity contribution in [2.24, 2.45) is 0 Å². The van der Waals surface area contributed by atoms with Gasteiger partial charge in [0.1, 0.15) is 0 Å². The van der Waals surface area contributed by atoms with Crippen LogP contribution in [0.5, 0.6) is 0 Å². The zero-order valence-electron chi connectivity index (χ0n) is 15.1. The Morgan fingerprint density at radius 2 is 2.00 bits per heavy atom. The predicted octanol–water partition coefficient (Wildman–Crippen LogP) is 3.27. The fourth-order valence-electron chi connectivity index (χ4n) is 3.51. The van der Waals surface area contributed by atoms with Crippen molar-refractivity contribution in [1.29, 1.82) is 0 Å². The van der Waals surface area contributed by atoms with E-state index in [0.29, 0.717) is 6.54 Å². The first-order valence-corrected chi connectivity index (χ1v) is 8.93. The molecule has 3 heterocycles. The summed E-state index contributed by atoms with van der Waals surface area (Å²) in [6.45, 7) is 6.07. The van der Waals surface area contributed by atoms with Crippen LogP contribution >= 0.6 is 0 Å². The van der Waals surface area contributed by atoms with Crippen molar-refractivity contribution in [3.8, 4) is 5.69 Å². The summed E-state index contributed by atoms with van der Waals surface area (Å²) in [7, 11) is 0. The molecule has 0 unspecified atom stereocenters. The van der Waals surface area contributed by atoms with Gasteiger partial charge in [-0.15, -0.1) is 0 Å². The fraction of sp³-hybridized carbons (Fsp3) is 0.300. The minimum absolute atomic E-state index is 0.0307. The molecule has 0 saturated heterocycles. The number of urea groups is 1. The molecule has 3 aromatic rings. The lowest BCUT2D eigenvalue weighted by atomic mass is 10.1. The molecule has 0 radical (unpaired) electrons. The van der Waals surface area contributed by atoms with Gasteiger partial charge in [-0.25, -0.2) is 9.48 Å². The molecule has 1 atom stereocenters. The highest BCUT2D eigenvalue weighted by Crippen LogP contribution is 2.25. The van der Waals surface area contributed by atoms with Gasteiger partial charge in [-0.2, -0.15) is 5.10 Å². The first kappa shape index (κ1) is 16.4. The molecule has 0 aliphatic carbocycles. The molecule has 1 N–H and O–H groups in total. The molecule has 2 aromatic heterocycles. The minimum Gasteiger partial charge on any atom is -0.348 e. The summed E-state index contributed by atoms with van der Waals surface area (Å²) in [5.74, 6) is 0. The number of hydrogen-bond donors (Lipinski definition) is 1. The zero-order chi connectivity index (χ0) is 18.1. The molecule has 0 fully saturated rings. The SMILES string of the molecule is Cc1nn(-c2ccccc2)cc1CNC(=O)N1CCn2cccc2[C@@H]1C. The Labute approximate surface area is 153 Å². The third-order valence-electron chi connectivity index (χ3n) is 5.05. The first-order valence-electron chi connectivity index (χ1n) is 8.93. The van der Waals surface area contributed by atoms with E-state index in [0.717, 1.165) is 30.0 Å². The van der Waals surface area contributed by atoms with Gasteiger partial charge in [0.25, 0.3) is 0 Å². The van der Waals surface area contributed by atoms with Crippen molar-refractivity contribution in [3.05, 3.63) is 71.8 Å². The number of nitrogens with zero attached hydrogens (tertiary/aromatic N) is 4. The molecule has 26 heavy (non-hydrogen) atoms. The molecule has 1 aliphatic rings. The molecule has 0 bridgehead atoms. The highest BCUT2D eigenvalue weighted by molar-refractivity contribution is 5.74. The van der Waals surface area contributed by atoms with Crippen LogP contribution in [0.15, 0.2) is 54.9 Å². The molecule has 1 aromatic carbocycles. The Bertz CT molecular complexity index is 911. The van der Waals surface area contributed by atoms with E-state index >= 15 is 0 Å². The van der Waals surface area contributed by atoms with Gasteiger partial charge in [0.05, 0.1) is 17.4 Å². The number of carbonyl (C=O) groups is 1. The van der Waals surface area contributed by atoms with Gasteiger partial charge in [0, 0.05) is 43.3 Å². The van der Waals surface area contributed by atoms with Crippen LogP contribution in [0, 0.1) is 6.92 Å². The number of nitrogens with one attached hydrogen (secondary N) is 1. The average molecular weight is 349 g/mol. The summed E-state index contributed by atoms with van der Waals surface area (Å²) in [6.07, 6.45) is 4.05. The number of aryl methyl sites for hydroxylation is 1. The van der Waals surface area contributed by atoms with E-state index in [-0.39, 0.29) is 12.1 Å². The van der Waals surface area contributed by atoms with Gasteiger partial charge in [-0.3, -0.25) is 0 Å². The van der Waals surface area contributed by atoms with Crippen molar-refractivity contribution in [2.45, 2.75) is 33.0 Å². The Hall–Kier alpha value is -3.02. The normalized spacial score (nSPS) is 16.4. The number of amides is 2. The summed E-state index contributed by atoms with van der Waals surface area (Å²) in [5, 5.41) is 7.61. The summed E-state index contributed by atoms with van der Waals surface area (Å²) in [6, 6.07) is 14.1. The average Bonchev–Trinajstić information content (AvgIpc) is 3.28. The number of benzene rings is 1. The van der Waals surface area contributed by atoms with E-state index in [4.69, 9.17) is 0 Å². The fourth-order valence-corrected chi connectivity index (χ4v) is 3.51. The van der Waals surface area contributed by atoms with Gasteiger partial charge in [0.15, 0.2) is 0 Å². The molecule has 2 amide bonds. The summed E-state index contributed by atoms with van der Waals surface area (Å²) < 4.78 is 4.07. The van der Waals surface area contributed by atoms with Crippen molar-refractivity contribution in [3.63, 3.8) is 0 Å². The molecule has 4 rings (SSSR count). The number of hydrogen-bond acceptors (Lipinski definition) is 2. The van der Waals surface area contributed by atoms with E-state index in [9.17, 15) is 4.79 Å². The van der Waals surface area contributed by atoms with Crippen molar-refractivity contribution in [1.82, 2.24) is 24.6 Å². The summed E-state index contributed by atoms with van der Waals surface area (Å²) in [5.41, 5.74) is 4.14. The quantitative estimate of drug-likeness (QED) is 0.789. The molecule has 0 saturated carbocycles. The second-order valence-corrected chi connectivity index (χ2v) is 6.67. The predicted molar refractivity (Wildman–Crippen MR) is 100 cm³/mol. The lowest BCUT2D eigenvalue weighted by molar-refractivity contribution is 0.162. The number of carbonyl (C=O) groups excluding carboxylic acids is 1. The van der Waals surface area contributed by atoms with Gasteiger partial charge >= 0.3 is 6.03 Å². The molecule has 6 heteroatoms. The maximum absolute atomic E-state index is 12.7. The number of para-hydroxylation sites is 1. The molecular formula is C20H23N5O. The molecule has 0 spiro atoms. The third kappa shape index (κ3) is 2.98. The lowest BCUT2D eigenvalue weighted by Gasteiger charge is -2.34.